The summed E-state index contributed by atoms with van der Waals surface area (Å²) in [6.07, 6.45) is 6.62. The van der Waals surface area contributed by atoms with E-state index in [1.165, 1.54) is 18.4 Å². The first-order chi connectivity index (χ1) is 5.47. The van der Waals surface area contributed by atoms with Gasteiger partial charge in [-0.05, 0) is 24.5 Å². The maximum atomic E-state index is 5.54. The number of ether oxygens (including phenoxy) is 1. The zero-order chi connectivity index (χ0) is 7.52. The number of hydrogen-bond acceptors (Lipinski definition) is 2. The lowest BCUT2D eigenvalue weighted by Crippen LogP contribution is -2.18. The lowest BCUT2D eigenvalue weighted by Gasteiger charge is -2.12. The van der Waals surface area contributed by atoms with Gasteiger partial charge in [0, 0.05) is 13.1 Å². The van der Waals surface area contributed by atoms with E-state index in [0.29, 0.717) is 0 Å². The molecule has 0 aromatic carbocycles. The van der Waals surface area contributed by atoms with Crippen molar-refractivity contribution in [1.29, 1.82) is 0 Å². The average Bonchev–Trinajstić information content (AvgIpc) is 2.28. The van der Waals surface area contributed by atoms with Crippen molar-refractivity contribution in [3.05, 3.63) is 23.5 Å². The van der Waals surface area contributed by atoms with Gasteiger partial charge in [0.05, 0.1) is 0 Å². The zero-order valence-electron chi connectivity index (χ0n) is 6.60. The van der Waals surface area contributed by atoms with Crippen LogP contribution in [0.1, 0.15) is 12.8 Å². The summed E-state index contributed by atoms with van der Waals surface area (Å²) in [6.45, 7) is 2.80. The maximum Gasteiger partial charge on any atom is 0.119 e. The van der Waals surface area contributed by atoms with Crippen molar-refractivity contribution >= 4 is 0 Å². The van der Waals surface area contributed by atoms with Crippen LogP contribution in [0.15, 0.2) is 23.5 Å². The number of rotatable bonds is 0. The van der Waals surface area contributed by atoms with E-state index < -0.39 is 0 Å². The minimum Gasteiger partial charge on any atom is -0.492 e. The Labute approximate surface area is 66.9 Å². The molecule has 0 radical (unpaired) electrons. The van der Waals surface area contributed by atoms with Gasteiger partial charge in [0.2, 0.25) is 0 Å². The van der Waals surface area contributed by atoms with E-state index in [4.69, 9.17) is 4.74 Å². The molecule has 2 nitrogen and oxygen atoms in total. The van der Waals surface area contributed by atoms with E-state index in [-0.39, 0.29) is 0 Å². The summed E-state index contributed by atoms with van der Waals surface area (Å²) in [4.78, 5) is 0. The molecule has 1 aliphatic heterocycles. The summed E-state index contributed by atoms with van der Waals surface area (Å²) in [7, 11) is 0. The molecule has 2 rings (SSSR count). The third-order valence-corrected chi connectivity index (χ3v) is 2.11. The molecule has 2 heteroatoms. The smallest absolute Gasteiger partial charge is 0.119 e. The molecule has 1 aliphatic carbocycles. The van der Waals surface area contributed by atoms with Gasteiger partial charge in [-0.25, -0.2) is 0 Å². The van der Waals surface area contributed by atoms with E-state index in [2.05, 4.69) is 17.5 Å². The summed E-state index contributed by atoms with van der Waals surface area (Å²) < 4.78 is 5.54. The SMILES string of the molecule is C1=CC2=C(CC1)CNCCO2. The molecule has 0 aromatic rings. The highest BCUT2D eigenvalue weighted by Crippen LogP contribution is 2.20. The maximum absolute atomic E-state index is 5.54. The van der Waals surface area contributed by atoms with Crippen LogP contribution in [0.25, 0.3) is 0 Å². The van der Waals surface area contributed by atoms with Crippen molar-refractivity contribution in [3.8, 4) is 0 Å². The lowest BCUT2D eigenvalue weighted by molar-refractivity contribution is 0.230. The van der Waals surface area contributed by atoms with Crippen molar-refractivity contribution < 1.29 is 4.74 Å². The summed E-state index contributed by atoms with van der Waals surface area (Å²) in [6, 6.07) is 0. The van der Waals surface area contributed by atoms with Crippen LogP contribution in [0.3, 0.4) is 0 Å². The fourth-order valence-corrected chi connectivity index (χ4v) is 1.49. The van der Waals surface area contributed by atoms with Gasteiger partial charge >= 0.3 is 0 Å². The molecule has 11 heavy (non-hydrogen) atoms. The second-order valence-electron chi connectivity index (χ2n) is 2.93. The van der Waals surface area contributed by atoms with Gasteiger partial charge in [-0.3, -0.25) is 0 Å². The summed E-state index contributed by atoms with van der Waals surface area (Å²) in [5.41, 5.74) is 1.44. The Morgan fingerprint density at radius 2 is 2.45 bits per heavy atom. The molecule has 0 aromatic heterocycles. The molecule has 1 heterocycles. The predicted octanol–water partition coefficient (Wildman–Crippen LogP) is 1.21. The standard InChI is InChI=1S/C9H13NO/c1-2-4-9-8(3-1)7-10-5-6-11-9/h2,4,10H,1,3,5-7H2. The molecule has 0 bridgehead atoms. The van der Waals surface area contributed by atoms with E-state index in [9.17, 15) is 0 Å². The minimum absolute atomic E-state index is 0.809. The summed E-state index contributed by atoms with van der Waals surface area (Å²) in [5.74, 6) is 1.11. The van der Waals surface area contributed by atoms with Crippen LogP contribution >= 0.6 is 0 Å². The molecule has 0 spiro atoms. The van der Waals surface area contributed by atoms with Crippen LogP contribution in [-0.2, 0) is 4.74 Å². The molecule has 0 saturated heterocycles. The molecule has 0 fully saturated rings. The van der Waals surface area contributed by atoms with Gasteiger partial charge < -0.3 is 10.1 Å². The van der Waals surface area contributed by atoms with Crippen LogP contribution in [0.4, 0.5) is 0 Å². The fraction of sp³-hybridized carbons (Fsp3) is 0.556. The van der Waals surface area contributed by atoms with Crippen LogP contribution in [0.2, 0.25) is 0 Å². The Bertz CT molecular complexity index is 206. The third kappa shape index (κ3) is 1.46. The molecule has 0 saturated carbocycles. The number of hydrogen-bond donors (Lipinski definition) is 1. The second-order valence-corrected chi connectivity index (χ2v) is 2.93. The Hall–Kier alpha value is -0.760. The second kappa shape index (κ2) is 3.09. The monoisotopic (exact) mass is 151 g/mol. The Kier molecular flexibility index (Phi) is 1.95. The molecule has 2 aliphatic rings. The fourth-order valence-electron chi connectivity index (χ4n) is 1.49. The topological polar surface area (TPSA) is 21.3 Å². The third-order valence-electron chi connectivity index (χ3n) is 2.11. The van der Waals surface area contributed by atoms with Gasteiger partial charge in [-0.1, -0.05) is 6.08 Å². The first-order valence-electron chi connectivity index (χ1n) is 4.19. The van der Waals surface area contributed by atoms with Gasteiger partial charge in [-0.2, -0.15) is 0 Å². The molecule has 0 atom stereocenters. The quantitative estimate of drug-likeness (QED) is 0.562. The molecule has 60 valence electrons. The van der Waals surface area contributed by atoms with E-state index >= 15 is 0 Å². The number of allylic oxidation sites excluding steroid dienone is 2. The Morgan fingerprint density at radius 3 is 3.45 bits per heavy atom. The normalized spacial score (nSPS) is 24.0. The average molecular weight is 151 g/mol. The van der Waals surface area contributed by atoms with Crippen LogP contribution in [0, 0.1) is 0 Å². The first-order valence-corrected chi connectivity index (χ1v) is 4.19. The number of nitrogens with one attached hydrogen (secondary N) is 1. The Morgan fingerprint density at radius 1 is 1.45 bits per heavy atom. The summed E-state index contributed by atoms with van der Waals surface area (Å²) >= 11 is 0. The highest BCUT2D eigenvalue weighted by atomic mass is 16.5. The highest BCUT2D eigenvalue weighted by molar-refractivity contribution is 5.26. The van der Waals surface area contributed by atoms with Crippen LogP contribution in [-0.4, -0.2) is 19.7 Å². The van der Waals surface area contributed by atoms with Crippen molar-refractivity contribution in [2.45, 2.75) is 12.8 Å². The van der Waals surface area contributed by atoms with Gasteiger partial charge in [-0.15, -0.1) is 0 Å². The largest absolute Gasteiger partial charge is 0.492 e. The van der Waals surface area contributed by atoms with Crippen molar-refractivity contribution in [2.24, 2.45) is 0 Å². The Balaban J connectivity index is 2.17. The molecular formula is C9H13NO. The van der Waals surface area contributed by atoms with Crippen molar-refractivity contribution in [3.63, 3.8) is 0 Å². The predicted molar refractivity (Wildman–Crippen MR) is 44.2 cm³/mol. The van der Waals surface area contributed by atoms with Gasteiger partial charge in [0.25, 0.3) is 0 Å². The molecule has 1 N–H and O–H groups in total. The van der Waals surface area contributed by atoms with Crippen LogP contribution in [0.5, 0.6) is 0 Å². The zero-order valence-corrected chi connectivity index (χ0v) is 6.60. The molecule has 0 amide bonds. The highest BCUT2D eigenvalue weighted by Gasteiger charge is 2.11. The van der Waals surface area contributed by atoms with Crippen molar-refractivity contribution in [1.82, 2.24) is 5.32 Å². The van der Waals surface area contributed by atoms with E-state index in [0.717, 1.165) is 25.5 Å². The minimum atomic E-state index is 0.809. The van der Waals surface area contributed by atoms with Gasteiger partial charge in [0.1, 0.15) is 12.4 Å². The lowest BCUT2D eigenvalue weighted by atomic mass is 10.0. The first kappa shape index (κ1) is 6.92. The molecular weight excluding hydrogens is 138 g/mol. The van der Waals surface area contributed by atoms with Crippen LogP contribution < -0.4 is 5.32 Å². The van der Waals surface area contributed by atoms with Gasteiger partial charge in [0.15, 0.2) is 0 Å². The van der Waals surface area contributed by atoms with Crippen molar-refractivity contribution in [2.75, 3.05) is 19.7 Å². The summed E-state index contributed by atoms with van der Waals surface area (Å²) in [5, 5.41) is 3.33. The van der Waals surface area contributed by atoms with E-state index in [1.807, 2.05) is 0 Å². The van der Waals surface area contributed by atoms with E-state index in [1.54, 1.807) is 0 Å². The molecule has 0 unspecified atom stereocenters.